The number of hydrogen-bond donors (Lipinski definition) is 2. The monoisotopic (exact) mass is 551 g/mol. The molecule has 0 radical (unpaired) electrons. The van der Waals surface area contributed by atoms with Crippen molar-refractivity contribution in [2.24, 2.45) is 0 Å². The molecule has 0 aliphatic rings. The van der Waals surface area contributed by atoms with Gasteiger partial charge in [0, 0.05) is 18.8 Å². The number of nitrogens with one attached hydrogen (secondary N) is 2. The summed E-state index contributed by atoms with van der Waals surface area (Å²) in [4.78, 5) is 28.9. The van der Waals surface area contributed by atoms with E-state index in [-0.39, 0.29) is 18.4 Å². The van der Waals surface area contributed by atoms with Crippen LogP contribution in [0, 0.1) is 20.8 Å². The number of ether oxygens (including phenoxy) is 1. The number of anilines is 1. The zero-order valence-corrected chi connectivity index (χ0v) is 22.4. The summed E-state index contributed by atoms with van der Waals surface area (Å²) in [5.41, 5.74) is 3.96. The van der Waals surface area contributed by atoms with Crippen LogP contribution in [0.1, 0.15) is 54.5 Å². The summed E-state index contributed by atoms with van der Waals surface area (Å²) in [5, 5.41) is 10.0. The number of halogens is 3. The van der Waals surface area contributed by atoms with Gasteiger partial charge in [0.15, 0.2) is 0 Å². The number of rotatable bonds is 8. The Morgan fingerprint density at radius 1 is 0.950 bits per heavy atom. The Hall–Kier alpha value is -4.67. The molecule has 2 N–H and O–H groups in total. The molecule has 0 atom stereocenters. The van der Waals surface area contributed by atoms with Crippen molar-refractivity contribution in [3.63, 3.8) is 0 Å². The van der Waals surface area contributed by atoms with Crippen LogP contribution in [0.5, 0.6) is 5.75 Å². The van der Waals surface area contributed by atoms with Gasteiger partial charge in [0.05, 0.1) is 29.2 Å². The van der Waals surface area contributed by atoms with Crippen LogP contribution in [0.15, 0.2) is 60.8 Å². The minimum Gasteiger partial charge on any atom is -0.489 e. The predicted molar refractivity (Wildman–Crippen MR) is 143 cm³/mol. The zero-order valence-electron chi connectivity index (χ0n) is 22.4. The molecule has 0 spiro atoms. The summed E-state index contributed by atoms with van der Waals surface area (Å²) < 4.78 is 46.1. The zero-order chi connectivity index (χ0) is 29.0. The van der Waals surface area contributed by atoms with Crippen molar-refractivity contribution in [1.29, 1.82) is 0 Å². The van der Waals surface area contributed by atoms with E-state index < -0.39 is 11.7 Å². The number of aryl methyl sites for hydroxylation is 2. The van der Waals surface area contributed by atoms with E-state index in [1.807, 2.05) is 6.92 Å². The van der Waals surface area contributed by atoms with Crippen LogP contribution in [0.2, 0.25) is 0 Å². The molecular formula is C29H28F3N5O3. The number of pyridine rings is 1. The molecule has 2 heterocycles. The van der Waals surface area contributed by atoms with E-state index in [4.69, 9.17) is 4.74 Å². The van der Waals surface area contributed by atoms with Crippen LogP contribution in [-0.2, 0) is 19.3 Å². The fourth-order valence-corrected chi connectivity index (χ4v) is 4.12. The Morgan fingerprint density at radius 3 is 2.33 bits per heavy atom. The first-order chi connectivity index (χ1) is 19.0. The van der Waals surface area contributed by atoms with Crippen LogP contribution in [0.3, 0.4) is 0 Å². The van der Waals surface area contributed by atoms with E-state index in [9.17, 15) is 22.8 Å². The molecule has 4 rings (SSSR count). The smallest absolute Gasteiger partial charge is 0.416 e. The third-order valence-corrected chi connectivity index (χ3v) is 6.35. The van der Waals surface area contributed by atoms with Gasteiger partial charge in [-0.05, 0) is 79.9 Å². The molecule has 4 aromatic rings. The highest BCUT2D eigenvalue weighted by Crippen LogP contribution is 2.32. The topological polar surface area (TPSA) is 98.1 Å². The van der Waals surface area contributed by atoms with E-state index in [2.05, 4.69) is 20.7 Å². The van der Waals surface area contributed by atoms with Gasteiger partial charge in [-0.1, -0.05) is 12.1 Å². The van der Waals surface area contributed by atoms with Gasteiger partial charge in [-0.3, -0.25) is 19.3 Å². The largest absolute Gasteiger partial charge is 0.489 e. The third kappa shape index (κ3) is 6.48. The second-order valence-electron chi connectivity index (χ2n) is 9.25. The van der Waals surface area contributed by atoms with Crippen LogP contribution in [-0.4, -0.2) is 33.6 Å². The van der Waals surface area contributed by atoms with Gasteiger partial charge in [0.25, 0.3) is 11.8 Å². The van der Waals surface area contributed by atoms with E-state index in [1.165, 1.54) is 13.1 Å². The molecule has 8 nitrogen and oxygen atoms in total. The quantitative estimate of drug-likeness (QED) is 0.303. The molecule has 0 saturated heterocycles. The van der Waals surface area contributed by atoms with Gasteiger partial charge in [-0.25, -0.2) is 0 Å². The fourth-order valence-electron chi connectivity index (χ4n) is 4.12. The lowest BCUT2D eigenvalue weighted by molar-refractivity contribution is -0.137. The number of amides is 2. The van der Waals surface area contributed by atoms with Gasteiger partial charge in [0.2, 0.25) is 0 Å². The highest BCUT2D eigenvalue weighted by Gasteiger charge is 2.30. The molecule has 208 valence electrons. The Morgan fingerprint density at radius 2 is 1.68 bits per heavy atom. The van der Waals surface area contributed by atoms with Crippen LogP contribution in [0.25, 0.3) is 0 Å². The van der Waals surface area contributed by atoms with Crippen molar-refractivity contribution < 1.29 is 27.5 Å². The van der Waals surface area contributed by atoms with Crippen molar-refractivity contribution in [3.05, 3.63) is 106 Å². The summed E-state index contributed by atoms with van der Waals surface area (Å²) in [7, 11) is 1.54. The average Bonchev–Trinajstić information content (AvgIpc) is 3.18. The lowest BCUT2D eigenvalue weighted by atomic mass is 10.1. The molecule has 11 heteroatoms. The van der Waals surface area contributed by atoms with Gasteiger partial charge in [0.1, 0.15) is 18.1 Å². The molecule has 40 heavy (non-hydrogen) atoms. The number of carbonyl (C=O) groups is 2. The van der Waals surface area contributed by atoms with Crippen molar-refractivity contribution in [2.45, 2.75) is 40.1 Å². The molecule has 0 aliphatic carbocycles. The lowest BCUT2D eigenvalue weighted by Crippen LogP contribution is -2.19. The highest BCUT2D eigenvalue weighted by atomic mass is 19.4. The van der Waals surface area contributed by atoms with Crippen LogP contribution < -0.4 is 15.4 Å². The fraction of sp³-hybridized carbons (Fsp3) is 0.241. The molecule has 2 aromatic carbocycles. The number of hydrogen-bond acceptors (Lipinski definition) is 5. The van der Waals surface area contributed by atoms with Crippen LogP contribution in [0.4, 0.5) is 18.9 Å². The van der Waals surface area contributed by atoms with Crippen molar-refractivity contribution in [3.8, 4) is 5.75 Å². The number of aromatic nitrogens is 3. The summed E-state index contributed by atoms with van der Waals surface area (Å²) in [6.45, 7) is 5.73. The molecule has 0 saturated carbocycles. The summed E-state index contributed by atoms with van der Waals surface area (Å²) in [5.74, 6) is -0.243. The molecule has 0 unspecified atom stereocenters. The Bertz CT molecular complexity index is 1550. The number of alkyl halides is 3. The predicted octanol–water partition coefficient (Wildman–Crippen LogP) is 5.46. The standard InChI is InChI=1S/C29H28F3N5O3/c1-17-13-23(29(30,31)32)9-10-25(17)40-16-20-5-7-22(8-6-20)27(38)35-26-18(2)36-37(19(26)3)15-21-11-12-34-24(14-21)28(39)33-4/h5-14H,15-16H2,1-4H3,(H,33,39)(H,35,38). The molecule has 0 aliphatic heterocycles. The minimum absolute atomic E-state index is 0.135. The SMILES string of the molecule is CNC(=O)c1cc(Cn2nc(C)c(NC(=O)c3ccc(COc4ccc(C(F)(F)F)cc4C)cc3)c2C)ccn1. The van der Waals surface area contributed by atoms with Gasteiger partial charge in [-0.2, -0.15) is 18.3 Å². The minimum atomic E-state index is -4.41. The van der Waals surface area contributed by atoms with E-state index in [0.717, 1.165) is 29.0 Å². The Kier molecular flexibility index (Phi) is 8.22. The number of carbonyl (C=O) groups excluding carboxylic acids is 2. The molecule has 0 bridgehead atoms. The van der Waals surface area contributed by atoms with Crippen molar-refractivity contribution >= 4 is 17.5 Å². The van der Waals surface area contributed by atoms with Gasteiger partial charge >= 0.3 is 6.18 Å². The average molecular weight is 552 g/mol. The van der Waals surface area contributed by atoms with Gasteiger partial charge < -0.3 is 15.4 Å². The number of benzene rings is 2. The third-order valence-electron chi connectivity index (χ3n) is 6.35. The molecular weight excluding hydrogens is 523 g/mol. The maximum Gasteiger partial charge on any atom is 0.416 e. The number of nitrogens with zero attached hydrogens (tertiary/aromatic N) is 3. The first kappa shape index (κ1) is 28.3. The maximum absolute atomic E-state index is 13.0. The van der Waals surface area contributed by atoms with E-state index in [0.29, 0.717) is 40.5 Å². The lowest BCUT2D eigenvalue weighted by Gasteiger charge is -2.13. The Labute approximate surface area is 229 Å². The molecule has 2 aromatic heterocycles. The van der Waals surface area contributed by atoms with Crippen molar-refractivity contribution in [1.82, 2.24) is 20.1 Å². The van der Waals surface area contributed by atoms with Gasteiger partial charge in [-0.15, -0.1) is 0 Å². The summed E-state index contributed by atoms with van der Waals surface area (Å²) in [6, 6.07) is 13.6. The second kappa shape index (κ2) is 11.6. The normalized spacial score (nSPS) is 11.3. The molecule has 2 amide bonds. The van der Waals surface area contributed by atoms with Crippen LogP contribution >= 0.6 is 0 Å². The highest BCUT2D eigenvalue weighted by molar-refractivity contribution is 6.04. The summed E-state index contributed by atoms with van der Waals surface area (Å²) >= 11 is 0. The summed E-state index contributed by atoms with van der Waals surface area (Å²) in [6.07, 6.45) is -2.85. The van der Waals surface area contributed by atoms with E-state index >= 15 is 0 Å². The Balaban J connectivity index is 1.40. The van der Waals surface area contributed by atoms with Crippen molar-refractivity contribution in [2.75, 3.05) is 12.4 Å². The maximum atomic E-state index is 13.0. The van der Waals surface area contributed by atoms with E-state index in [1.54, 1.807) is 61.1 Å². The first-order valence-corrected chi connectivity index (χ1v) is 12.4. The molecule has 0 fully saturated rings. The first-order valence-electron chi connectivity index (χ1n) is 12.4. The second-order valence-corrected chi connectivity index (χ2v) is 9.25.